The molecule has 1 aliphatic heterocycles. The quantitative estimate of drug-likeness (QED) is 0.931. The van der Waals surface area contributed by atoms with Crippen molar-refractivity contribution in [3.8, 4) is 5.75 Å². The van der Waals surface area contributed by atoms with E-state index in [0.29, 0.717) is 6.61 Å². The summed E-state index contributed by atoms with van der Waals surface area (Å²) in [6.07, 6.45) is 3.10. The highest BCUT2D eigenvalue weighted by molar-refractivity contribution is 6.30. The average molecular weight is 302 g/mol. The molecule has 0 radical (unpaired) electrons. The molecule has 0 atom stereocenters. The number of benzene rings is 2. The molecule has 0 unspecified atom stereocenters. The molecule has 2 nitrogen and oxygen atoms in total. The number of halogens is 1. The minimum atomic E-state index is 0.693. The van der Waals surface area contributed by atoms with Crippen LogP contribution < -0.4 is 10.1 Å². The van der Waals surface area contributed by atoms with Gasteiger partial charge in [-0.1, -0.05) is 29.8 Å². The van der Waals surface area contributed by atoms with E-state index in [1.807, 2.05) is 24.3 Å². The summed E-state index contributed by atoms with van der Waals surface area (Å²) in [5, 5.41) is 4.21. The molecule has 3 rings (SSSR count). The Bertz CT molecular complexity index is 595. The van der Waals surface area contributed by atoms with Gasteiger partial charge in [0.1, 0.15) is 5.75 Å². The molecule has 110 valence electrons. The molecular weight excluding hydrogens is 282 g/mol. The van der Waals surface area contributed by atoms with Gasteiger partial charge in [0.05, 0.1) is 6.61 Å². The van der Waals surface area contributed by atoms with Crippen LogP contribution in [0.4, 0.5) is 0 Å². The summed E-state index contributed by atoms with van der Waals surface area (Å²) in [5.41, 5.74) is 4.12. The van der Waals surface area contributed by atoms with E-state index in [4.69, 9.17) is 16.3 Å². The molecule has 2 aromatic rings. The molecule has 0 amide bonds. The Kier molecular flexibility index (Phi) is 4.79. The molecule has 3 heteroatoms. The first-order valence-corrected chi connectivity index (χ1v) is 7.89. The normalized spacial score (nSPS) is 14.3. The molecule has 0 fully saturated rings. The van der Waals surface area contributed by atoms with Gasteiger partial charge >= 0.3 is 0 Å². The Morgan fingerprint density at radius 2 is 1.71 bits per heavy atom. The van der Waals surface area contributed by atoms with Crippen LogP contribution in [0.2, 0.25) is 5.02 Å². The van der Waals surface area contributed by atoms with Gasteiger partial charge in [-0.25, -0.2) is 0 Å². The van der Waals surface area contributed by atoms with Crippen molar-refractivity contribution in [1.29, 1.82) is 0 Å². The van der Waals surface area contributed by atoms with Crippen LogP contribution in [0, 0.1) is 0 Å². The molecule has 1 aliphatic rings. The second kappa shape index (κ2) is 6.97. The van der Waals surface area contributed by atoms with Gasteiger partial charge in [0, 0.05) is 11.4 Å². The van der Waals surface area contributed by atoms with Crippen molar-refractivity contribution >= 4 is 11.6 Å². The lowest BCUT2D eigenvalue weighted by Crippen LogP contribution is -2.16. The fourth-order valence-electron chi connectivity index (χ4n) is 2.68. The van der Waals surface area contributed by atoms with Gasteiger partial charge in [0.15, 0.2) is 0 Å². The third kappa shape index (κ3) is 3.99. The smallest absolute Gasteiger partial charge is 0.119 e. The molecule has 1 heterocycles. The first-order chi connectivity index (χ1) is 10.3. The second-order valence-corrected chi connectivity index (χ2v) is 5.84. The fraction of sp³-hybridized carbons (Fsp3) is 0.333. The van der Waals surface area contributed by atoms with E-state index in [1.165, 1.54) is 16.7 Å². The van der Waals surface area contributed by atoms with E-state index in [1.54, 1.807) is 0 Å². The SMILES string of the molecule is Clc1ccc(CCOc2ccc3c(c2)CCNCC3)cc1. The van der Waals surface area contributed by atoms with Crippen LogP contribution in [0.15, 0.2) is 42.5 Å². The highest BCUT2D eigenvalue weighted by atomic mass is 35.5. The first kappa shape index (κ1) is 14.4. The van der Waals surface area contributed by atoms with Crippen molar-refractivity contribution in [1.82, 2.24) is 5.32 Å². The maximum Gasteiger partial charge on any atom is 0.119 e. The van der Waals surface area contributed by atoms with Crippen molar-refractivity contribution in [2.45, 2.75) is 19.3 Å². The number of nitrogens with one attached hydrogen (secondary N) is 1. The number of hydrogen-bond acceptors (Lipinski definition) is 2. The minimum Gasteiger partial charge on any atom is -0.493 e. The summed E-state index contributed by atoms with van der Waals surface area (Å²) in [5.74, 6) is 0.976. The molecular formula is C18H20ClNO. The third-order valence-corrected chi connectivity index (χ3v) is 4.14. The number of rotatable bonds is 4. The van der Waals surface area contributed by atoms with Crippen molar-refractivity contribution < 1.29 is 4.74 Å². The van der Waals surface area contributed by atoms with Crippen LogP contribution >= 0.6 is 11.6 Å². The largest absolute Gasteiger partial charge is 0.493 e. The summed E-state index contributed by atoms with van der Waals surface area (Å²) >= 11 is 5.89. The molecule has 0 aliphatic carbocycles. The molecule has 2 aromatic carbocycles. The van der Waals surface area contributed by atoms with Gasteiger partial charge in [-0.15, -0.1) is 0 Å². The van der Waals surface area contributed by atoms with Gasteiger partial charge in [-0.2, -0.15) is 0 Å². The standard InChI is InChI=1S/C18H20ClNO/c19-17-4-1-14(2-5-17)9-12-21-18-6-3-15-7-10-20-11-8-16(15)13-18/h1-6,13,20H,7-12H2. The summed E-state index contributed by atoms with van der Waals surface area (Å²) in [7, 11) is 0. The summed E-state index contributed by atoms with van der Waals surface area (Å²) in [6.45, 7) is 2.82. The van der Waals surface area contributed by atoms with E-state index in [9.17, 15) is 0 Å². The zero-order valence-electron chi connectivity index (χ0n) is 12.1. The fourth-order valence-corrected chi connectivity index (χ4v) is 2.80. The highest BCUT2D eigenvalue weighted by Crippen LogP contribution is 2.20. The number of hydrogen-bond donors (Lipinski definition) is 1. The molecule has 21 heavy (non-hydrogen) atoms. The van der Waals surface area contributed by atoms with Crippen LogP contribution in [-0.4, -0.2) is 19.7 Å². The minimum absolute atomic E-state index is 0.693. The monoisotopic (exact) mass is 301 g/mol. The molecule has 0 spiro atoms. The van der Waals surface area contributed by atoms with E-state index in [2.05, 4.69) is 23.5 Å². The zero-order valence-corrected chi connectivity index (χ0v) is 12.8. The Balaban J connectivity index is 1.58. The van der Waals surface area contributed by atoms with Crippen LogP contribution in [0.25, 0.3) is 0 Å². The van der Waals surface area contributed by atoms with E-state index >= 15 is 0 Å². The van der Waals surface area contributed by atoms with E-state index in [0.717, 1.165) is 43.1 Å². The first-order valence-electron chi connectivity index (χ1n) is 7.51. The van der Waals surface area contributed by atoms with Gasteiger partial charge in [0.25, 0.3) is 0 Å². The molecule has 1 N–H and O–H groups in total. The summed E-state index contributed by atoms with van der Waals surface area (Å²) in [6, 6.07) is 14.4. The summed E-state index contributed by atoms with van der Waals surface area (Å²) in [4.78, 5) is 0. The average Bonchev–Trinajstić information content (AvgIpc) is 2.74. The van der Waals surface area contributed by atoms with Gasteiger partial charge in [-0.3, -0.25) is 0 Å². The number of ether oxygens (including phenoxy) is 1. The molecule has 0 saturated heterocycles. The van der Waals surface area contributed by atoms with Crippen molar-refractivity contribution in [3.63, 3.8) is 0 Å². The maximum absolute atomic E-state index is 5.89. The van der Waals surface area contributed by atoms with Crippen molar-refractivity contribution in [2.24, 2.45) is 0 Å². The van der Waals surface area contributed by atoms with Gasteiger partial charge < -0.3 is 10.1 Å². The van der Waals surface area contributed by atoms with Crippen molar-refractivity contribution in [2.75, 3.05) is 19.7 Å². The van der Waals surface area contributed by atoms with Crippen molar-refractivity contribution in [3.05, 3.63) is 64.2 Å². The Morgan fingerprint density at radius 3 is 2.52 bits per heavy atom. The predicted molar refractivity (Wildman–Crippen MR) is 87.4 cm³/mol. The van der Waals surface area contributed by atoms with E-state index in [-0.39, 0.29) is 0 Å². The molecule has 0 saturated carbocycles. The zero-order chi connectivity index (χ0) is 14.5. The lowest BCUT2D eigenvalue weighted by atomic mass is 10.0. The third-order valence-electron chi connectivity index (χ3n) is 3.89. The predicted octanol–water partition coefficient (Wildman–Crippen LogP) is 3.65. The second-order valence-electron chi connectivity index (χ2n) is 5.41. The summed E-state index contributed by atoms with van der Waals surface area (Å²) < 4.78 is 5.89. The number of fused-ring (bicyclic) bond motifs is 1. The van der Waals surface area contributed by atoms with E-state index < -0.39 is 0 Å². The Labute approximate surface area is 131 Å². The molecule has 0 aromatic heterocycles. The van der Waals surface area contributed by atoms with Crippen LogP contribution in [0.3, 0.4) is 0 Å². The van der Waals surface area contributed by atoms with Crippen LogP contribution in [0.1, 0.15) is 16.7 Å². The van der Waals surface area contributed by atoms with Gasteiger partial charge in [-0.05, 0) is 66.9 Å². The van der Waals surface area contributed by atoms with Gasteiger partial charge in [0.2, 0.25) is 0 Å². The highest BCUT2D eigenvalue weighted by Gasteiger charge is 2.08. The van der Waals surface area contributed by atoms with Crippen LogP contribution in [0.5, 0.6) is 5.75 Å². The lowest BCUT2D eigenvalue weighted by molar-refractivity contribution is 0.321. The topological polar surface area (TPSA) is 21.3 Å². The maximum atomic E-state index is 5.89. The molecule has 0 bridgehead atoms. The van der Waals surface area contributed by atoms with Crippen LogP contribution in [-0.2, 0) is 19.3 Å². The Morgan fingerprint density at radius 1 is 0.952 bits per heavy atom. The Hall–Kier alpha value is -1.51. The lowest BCUT2D eigenvalue weighted by Gasteiger charge is -2.10.